The minimum Gasteiger partial charge on any atom is -0.496 e. The van der Waals surface area contributed by atoms with Crippen LogP contribution in [0.1, 0.15) is 25.0 Å². The van der Waals surface area contributed by atoms with Gasteiger partial charge in [0.05, 0.1) is 34.4 Å². The van der Waals surface area contributed by atoms with Gasteiger partial charge in [0.1, 0.15) is 9.96 Å². The van der Waals surface area contributed by atoms with Crippen molar-refractivity contribution in [3.05, 3.63) is 70.1 Å². The number of anilines is 1. The molecule has 9 nitrogen and oxygen atoms in total. The number of hydrogen-bond acceptors (Lipinski definition) is 7. The zero-order valence-corrected chi connectivity index (χ0v) is 24.2. The maximum atomic E-state index is 13.0. The zero-order chi connectivity index (χ0) is 27.7. The van der Waals surface area contributed by atoms with Gasteiger partial charge in [-0.05, 0) is 63.3 Å². The van der Waals surface area contributed by atoms with E-state index in [2.05, 4.69) is 15.1 Å². The predicted octanol–water partition coefficient (Wildman–Crippen LogP) is 4.57. The molecule has 4 aromatic rings. The molecule has 12 heteroatoms. The number of aromatic nitrogens is 2. The molecule has 2 aromatic heterocycles. The second kappa shape index (κ2) is 10.9. The van der Waals surface area contributed by atoms with Crippen LogP contribution in [0.25, 0.3) is 10.9 Å². The SMILES string of the molecule is COc1cccc2c1c(NS(=O)(=O)c1ccc(Cl)s1)nn2Cc1cccc(CNC(=O)C(C)(C)N(C)C)c1. The average molecular weight is 576 g/mol. The van der Waals surface area contributed by atoms with Gasteiger partial charge in [0, 0.05) is 6.54 Å². The molecule has 1 amide bonds. The fraction of sp³-hybridized carbons (Fsp3) is 0.308. The van der Waals surface area contributed by atoms with E-state index in [1.54, 1.807) is 10.7 Å². The standard InChI is InChI=1S/C26H30ClN5O4S2/c1-26(2,31(3)4)25(33)28-15-17-8-6-9-18(14-17)16-32-19-10-7-11-20(36-5)23(19)24(29-32)30-38(34,35)22-13-12-21(27)37-22/h6-14H,15-16H2,1-5H3,(H,28,33)(H,29,30). The lowest BCUT2D eigenvalue weighted by Crippen LogP contribution is -2.51. The minimum atomic E-state index is -3.90. The Morgan fingerprint density at radius 3 is 2.50 bits per heavy atom. The first-order valence-corrected chi connectivity index (χ1v) is 14.5. The first-order chi connectivity index (χ1) is 17.9. The summed E-state index contributed by atoms with van der Waals surface area (Å²) in [4.78, 5) is 14.5. The second-order valence-corrected chi connectivity index (χ2v) is 13.1. The smallest absolute Gasteiger partial charge is 0.272 e. The molecule has 202 valence electrons. The Balaban J connectivity index is 1.62. The first kappa shape index (κ1) is 27.9. The highest BCUT2D eigenvalue weighted by atomic mass is 35.5. The Morgan fingerprint density at radius 1 is 1.13 bits per heavy atom. The Hall–Kier alpha value is -3.12. The summed E-state index contributed by atoms with van der Waals surface area (Å²) in [5, 5.41) is 8.16. The lowest BCUT2D eigenvalue weighted by atomic mass is 10.0. The number of amides is 1. The van der Waals surface area contributed by atoms with Crippen molar-refractivity contribution in [3.8, 4) is 5.75 Å². The van der Waals surface area contributed by atoms with Gasteiger partial charge in [-0.15, -0.1) is 11.3 Å². The van der Waals surface area contributed by atoms with Crippen molar-refractivity contribution in [1.82, 2.24) is 20.0 Å². The van der Waals surface area contributed by atoms with Gasteiger partial charge in [0.15, 0.2) is 5.82 Å². The largest absolute Gasteiger partial charge is 0.496 e. The number of carbonyl (C=O) groups is 1. The van der Waals surface area contributed by atoms with E-state index in [-0.39, 0.29) is 15.9 Å². The number of nitrogens with zero attached hydrogens (tertiary/aromatic N) is 3. The number of ether oxygens (including phenoxy) is 1. The van der Waals surface area contributed by atoms with Crippen molar-refractivity contribution < 1.29 is 17.9 Å². The van der Waals surface area contributed by atoms with Crippen LogP contribution in [0.15, 0.2) is 58.8 Å². The number of sulfonamides is 1. The van der Waals surface area contributed by atoms with E-state index >= 15 is 0 Å². The maximum Gasteiger partial charge on any atom is 0.272 e. The van der Waals surface area contributed by atoms with Crippen molar-refractivity contribution >= 4 is 55.6 Å². The van der Waals surface area contributed by atoms with Crippen molar-refractivity contribution in [2.45, 2.75) is 36.7 Å². The molecule has 0 aliphatic carbocycles. The third kappa shape index (κ3) is 5.80. The molecule has 0 aliphatic heterocycles. The molecule has 2 N–H and O–H groups in total. The van der Waals surface area contributed by atoms with Crippen LogP contribution < -0.4 is 14.8 Å². The summed E-state index contributed by atoms with van der Waals surface area (Å²) < 4.78 is 36.4. The number of carbonyl (C=O) groups excluding carboxylic acids is 1. The van der Waals surface area contributed by atoms with E-state index in [9.17, 15) is 13.2 Å². The quantitative estimate of drug-likeness (QED) is 0.287. The molecular weight excluding hydrogens is 546 g/mol. The van der Waals surface area contributed by atoms with Crippen LogP contribution in [-0.2, 0) is 27.9 Å². The van der Waals surface area contributed by atoms with Gasteiger partial charge in [-0.3, -0.25) is 19.1 Å². The van der Waals surface area contributed by atoms with Crippen LogP contribution in [-0.4, -0.2) is 55.7 Å². The molecule has 4 rings (SSSR count). The molecular formula is C26H30ClN5O4S2. The summed E-state index contributed by atoms with van der Waals surface area (Å²) in [5.41, 5.74) is 1.95. The highest BCUT2D eigenvalue weighted by Gasteiger charge is 2.29. The van der Waals surface area contributed by atoms with Gasteiger partial charge in [-0.1, -0.05) is 41.9 Å². The van der Waals surface area contributed by atoms with Gasteiger partial charge in [0.25, 0.3) is 10.0 Å². The zero-order valence-electron chi connectivity index (χ0n) is 21.8. The van der Waals surface area contributed by atoms with Crippen LogP contribution in [0.2, 0.25) is 4.34 Å². The number of halogens is 1. The molecule has 0 fully saturated rings. The lowest BCUT2D eigenvalue weighted by molar-refractivity contribution is -0.130. The topological polar surface area (TPSA) is 106 Å². The lowest BCUT2D eigenvalue weighted by Gasteiger charge is -2.30. The summed E-state index contributed by atoms with van der Waals surface area (Å²) >= 11 is 6.92. The van der Waals surface area contributed by atoms with E-state index in [0.717, 1.165) is 22.5 Å². The number of rotatable bonds is 10. The Labute approximate surface area is 231 Å². The summed E-state index contributed by atoms with van der Waals surface area (Å²) in [5.74, 6) is 0.592. The first-order valence-electron chi connectivity index (χ1n) is 11.8. The van der Waals surface area contributed by atoms with E-state index in [4.69, 9.17) is 16.3 Å². The van der Waals surface area contributed by atoms with Crippen molar-refractivity contribution in [2.24, 2.45) is 0 Å². The van der Waals surface area contributed by atoms with Crippen LogP contribution in [0.5, 0.6) is 5.75 Å². The van der Waals surface area contributed by atoms with Gasteiger partial charge >= 0.3 is 0 Å². The molecule has 38 heavy (non-hydrogen) atoms. The van der Waals surface area contributed by atoms with Crippen LogP contribution >= 0.6 is 22.9 Å². The summed E-state index contributed by atoms with van der Waals surface area (Å²) in [6.07, 6.45) is 0. The molecule has 0 bridgehead atoms. The third-order valence-corrected chi connectivity index (χ3v) is 9.52. The van der Waals surface area contributed by atoms with Crippen molar-refractivity contribution in [3.63, 3.8) is 0 Å². The van der Waals surface area contributed by atoms with Gasteiger partial charge < -0.3 is 10.1 Å². The maximum absolute atomic E-state index is 13.0. The molecule has 0 radical (unpaired) electrons. The molecule has 0 aliphatic rings. The Bertz CT molecular complexity index is 1580. The van der Waals surface area contributed by atoms with E-state index < -0.39 is 15.6 Å². The molecule has 0 unspecified atom stereocenters. The number of fused-ring (bicyclic) bond motifs is 1. The number of benzene rings is 2. The van der Waals surface area contributed by atoms with E-state index in [1.165, 1.54) is 19.2 Å². The second-order valence-electron chi connectivity index (χ2n) is 9.48. The Morgan fingerprint density at radius 2 is 1.84 bits per heavy atom. The fourth-order valence-corrected chi connectivity index (χ4v) is 6.28. The molecule has 2 aromatic carbocycles. The average Bonchev–Trinajstić information content (AvgIpc) is 3.46. The number of methoxy groups -OCH3 is 1. The van der Waals surface area contributed by atoms with Crippen LogP contribution in [0.3, 0.4) is 0 Å². The molecule has 0 spiro atoms. The van der Waals surface area contributed by atoms with Gasteiger partial charge in [0.2, 0.25) is 5.91 Å². The Kier molecular flexibility index (Phi) is 8.03. The molecule has 0 atom stereocenters. The molecule has 0 saturated carbocycles. The fourth-order valence-electron chi connectivity index (χ4n) is 3.79. The number of likely N-dealkylation sites (N-methyl/N-ethyl adjacent to an activating group) is 1. The van der Waals surface area contributed by atoms with Crippen LogP contribution in [0, 0.1) is 0 Å². The summed E-state index contributed by atoms with van der Waals surface area (Å²) in [7, 11) is 1.36. The van der Waals surface area contributed by atoms with Gasteiger partial charge in [-0.25, -0.2) is 8.42 Å². The molecule has 2 heterocycles. The highest BCUT2D eigenvalue weighted by Crippen LogP contribution is 2.35. The molecule has 0 saturated heterocycles. The normalized spacial score (nSPS) is 12.2. The predicted molar refractivity (Wildman–Crippen MR) is 152 cm³/mol. The number of nitrogens with one attached hydrogen (secondary N) is 2. The number of thiophene rings is 1. The minimum absolute atomic E-state index is 0.0676. The number of hydrogen-bond donors (Lipinski definition) is 2. The monoisotopic (exact) mass is 575 g/mol. The highest BCUT2D eigenvalue weighted by molar-refractivity contribution is 7.94. The van der Waals surface area contributed by atoms with E-state index in [1.807, 2.05) is 69.2 Å². The van der Waals surface area contributed by atoms with Gasteiger partial charge in [-0.2, -0.15) is 5.10 Å². The van der Waals surface area contributed by atoms with E-state index in [0.29, 0.717) is 34.1 Å². The van der Waals surface area contributed by atoms with Crippen molar-refractivity contribution in [1.29, 1.82) is 0 Å². The summed E-state index contributed by atoms with van der Waals surface area (Å²) in [6.45, 7) is 4.50. The summed E-state index contributed by atoms with van der Waals surface area (Å²) in [6, 6.07) is 16.3. The van der Waals surface area contributed by atoms with Crippen LogP contribution in [0.4, 0.5) is 5.82 Å². The van der Waals surface area contributed by atoms with Crippen molar-refractivity contribution in [2.75, 3.05) is 25.9 Å². The third-order valence-electron chi connectivity index (χ3n) is 6.45.